The van der Waals surface area contributed by atoms with Gasteiger partial charge in [0.2, 0.25) is 0 Å². The lowest BCUT2D eigenvalue weighted by Gasteiger charge is -2.06. The molecule has 6 nitrogen and oxygen atoms in total. The molecule has 2 aromatic rings. The van der Waals surface area contributed by atoms with Gasteiger partial charge in [0, 0.05) is 5.56 Å². The zero-order valence-electron chi connectivity index (χ0n) is 12.3. The van der Waals surface area contributed by atoms with E-state index in [0.717, 1.165) is 11.8 Å². The molecule has 3 rings (SSSR count). The standard InChI is InChI=1S/C17H12N2O4S/c20-15-14(9-3-5-11-6-4-10-23-11)24-17(19-15)18-13-8-2-1-7-12(13)16(21)22/h1-10H,(H,21,22)(H,18,19,20)/p-1/b5-3+,14-9+. The monoisotopic (exact) mass is 339 g/mol. The van der Waals surface area contributed by atoms with Crippen LogP contribution in [0.5, 0.6) is 0 Å². The zero-order chi connectivity index (χ0) is 16.9. The number of carboxylic acid groups (broad SMARTS) is 1. The van der Waals surface area contributed by atoms with Crippen LogP contribution in [0.2, 0.25) is 0 Å². The van der Waals surface area contributed by atoms with Gasteiger partial charge in [-0.25, -0.2) is 4.99 Å². The van der Waals surface area contributed by atoms with Crippen LogP contribution in [0.15, 0.2) is 69.1 Å². The van der Waals surface area contributed by atoms with Crippen LogP contribution < -0.4 is 10.4 Å². The molecule has 120 valence electrons. The van der Waals surface area contributed by atoms with Crippen molar-refractivity contribution in [2.24, 2.45) is 4.99 Å². The molecule has 1 saturated heterocycles. The minimum Gasteiger partial charge on any atom is -0.545 e. The van der Waals surface area contributed by atoms with Crippen LogP contribution in [-0.4, -0.2) is 17.0 Å². The summed E-state index contributed by atoms with van der Waals surface area (Å²) in [5.41, 5.74) is 0.197. The van der Waals surface area contributed by atoms with E-state index in [0.29, 0.717) is 15.8 Å². The van der Waals surface area contributed by atoms with Crippen LogP contribution >= 0.6 is 11.8 Å². The van der Waals surface area contributed by atoms with Crippen molar-refractivity contribution in [2.45, 2.75) is 0 Å². The highest BCUT2D eigenvalue weighted by Gasteiger charge is 2.23. The summed E-state index contributed by atoms with van der Waals surface area (Å²) in [5, 5.41) is 14.0. The largest absolute Gasteiger partial charge is 0.545 e. The zero-order valence-corrected chi connectivity index (χ0v) is 13.1. The summed E-state index contributed by atoms with van der Waals surface area (Å²) in [4.78, 5) is 27.6. The predicted molar refractivity (Wildman–Crippen MR) is 89.4 cm³/mol. The number of hydrogen-bond acceptors (Lipinski definition) is 6. The predicted octanol–water partition coefficient (Wildman–Crippen LogP) is 2.09. The fraction of sp³-hybridized carbons (Fsp3) is 0. The summed E-state index contributed by atoms with van der Waals surface area (Å²) in [5.74, 6) is -0.942. The van der Waals surface area contributed by atoms with Crippen LogP contribution in [0.1, 0.15) is 16.1 Å². The maximum atomic E-state index is 11.9. The summed E-state index contributed by atoms with van der Waals surface area (Å²) in [6.45, 7) is 0. The number of carbonyl (C=O) groups excluding carboxylic acids is 2. The lowest BCUT2D eigenvalue weighted by atomic mass is 10.2. The Hall–Kier alpha value is -3.06. The number of nitrogens with one attached hydrogen (secondary N) is 1. The molecule has 1 aromatic heterocycles. The van der Waals surface area contributed by atoms with E-state index in [1.165, 1.54) is 6.07 Å². The van der Waals surface area contributed by atoms with Gasteiger partial charge in [-0.1, -0.05) is 24.3 Å². The average Bonchev–Trinajstić information content (AvgIpc) is 3.18. The Morgan fingerprint density at radius 3 is 2.83 bits per heavy atom. The highest BCUT2D eigenvalue weighted by molar-refractivity contribution is 8.18. The van der Waals surface area contributed by atoms with Gasteiger partial charge in [0.05, 0.1) is 22.8 Å². The van der Waals surface area contributed by atoms with E-state index in [-0.39, 0.29) is 17.2 Å². The van der Waals surface area contributed by atoms with Gasteiger partial charge in [-0.3, -0.25) is 4.79 Å². The van der Waals surface area contributed by atoms with Crippen molar-refractivity contribution in [1.82, 2.24) is 5.32 Å². The van der Waals surface area contributed by atoms with E-state index < -0.39 is 5.97 Å². The summed E-state index contributed by atoms with van der Waals surface area (Å²) in [7, 11) is 0. The summed E-state index contributed by atoms with van der Waals surface area (Å²) in [6, 6.07) is 9.75. The number of furan rings is 1. The van der Waals surface area contributed by atoms with Gasteiger partial charge in [-0.05, 0) is 42.1 Å². The number of carboxylic acids is 1. The minimum atomic E-state index is -1.32. The number of benzene rings is 1. The second kappa shape index (κ2) is 7.01. The SMILES string of the molecule is O=C1NC(=Nc2ccccc2C(=O)[O-])S/C1=C/C=C/c1ccco1. The van der Waals surface area contributed by atoms with Gasteiger partial charge in [0.1, 0.15) is 5.76 Å². The van der Waals surface area contributed by atoms with E-state index >= 15 is 0 Å². The van der Waals surface area contributed by atoms with Crippen LogP contribution in [-0.2, 0) is 4.79 Å². The molecule has 7 heteroatoms. The molecule has 1 N–H and O–H groups in total. The summed E-state index contributed by atoms with van der Waals surface area (Å²) >= 11 is 1.13. The Morgan fingerprint density at radius 2 is 2.08 bits per heavy atom. The number of carbonyl (C=O) groups is 2. The van der Waals surface area contributed by atoms with Crippen molar-refractivity contribution in [2.75, 3.05) is 0 Å². The van der Waals surface area contributed by atoms with Crippen LogP contribution in [0.25, 0.3) is 6.08 Å². The highest BCUT2D eigenvalue weighted by Crippen LogP contribution is 2.27. The van der Waals surface area contributed by atoms with Gasteiger partial charge in [0.25, 0.3) is 5.91 Å². The van der Waals surface area contributed by atoms with Gasteiger partial charge in [-0.15, -0.1) is 0 Å². The van der Waals surface area contributed by atoms with E-state index in [2.05, 4.69) is 10.3 Å². The first kappa shape index (κ1) is 15.8. The fourth-order valence-corrected chi connectivity index (χ4v) is 2.75. The molecule has 0 aliphatic carbocycles. The van der Waals surface area contributed by atoms with Crippen LogP contribution in [0, 0.1) is 0 Å². The molecule has 24 heavy (non-hydrogen) atoms. The van der Waals surface area contributed by atoms with Crippen molar-refractivity contribution < 1.29 is 19.1 Å². The quantitative estimate of drug-likeness (QED) is 0.861. The van der Waals surface area contributed by atoms with Gasteiger partial charge in [0.15, 0.2) is 5.17 Å². The van der Waals surface area contributed by atoms with Crippen LogP contribution in [0.3, 0.4) is 0 Å². The first-order valence-corrected chi connectivity index (χ1v) is 7.75. The number of aliphatic imine (C=N–C) groups is 1. The van der Waals surface area contributed by atoms with Gasteiger partial charge < -0.3 is 19.6 Å². The van der Waals surface area contributed by atoms with E-state index in [4.69, 9.17) is 4.42 Å². The number of aromatic carboxylic acids is 1. The molecule has 1 aromatic carbocycles. The van der Waals surface area contributed by atoms with Crippen molar-refractivity contribution in [1.29, 1.82) is 0 Å². The third kappa shape index (κ3) is 3.64. The first-order chi connectivity index (χ1) is 11.6. The molecule has 0 saturated carbocycles. The number of thioether (sulfide) groups is 1. The third-order valence-corrected chi connectivity index (χ3v) is 3.98. The molecule has 2 heterocycles. The molecule has 0 radical (unpaired) electrons. The number of rotatable bonds is 4. The molecule has 0 atom stereocenters. The highest BCUT2D eigenvalue weighted by atomic mass is 32.2. The summed E-state index contributed by atoms with van der Waals surface area (Å²) < 4.78 is 5.15. The smallest absolute Gasteiger partial charge is 0.264 e. The number of allylic oxidation sites excluding steroid dienone is 2. The van der Waals surface area contributed by atoms with Crippen molar-refractivity contribution in [3.05, 3.63) is 71.0 Å². The average molecular weight is 339 g/mol. The fourth-order valence-electron chi connectivity index (χ4n) is 1.96. The van der Waals surface area contributed by atoms with Gasteiger partial charge in [-0.2, -0.15) is 0 Å². The number of para-hydroxylation sites is 1. The molecule has 0 unspecified atom stereocenters. The second-order valence-corrected chi connectivity index (χ2v) is 5.71. The number of nitrogens with zero attached hydrogens (tertiary/aromatic N) is 1. The molecular formula is C17H11N2O4S-. The maximum absolute atomic E-state index is 11.9. The van der Waals surface area contributed by atoms with Crippen molar-refractivity contribution in [3.63, 3.8) is 0 Å². The lowest BCUT2D eigenvalue weighted by molar-refractivity contribution is -0.254. The van der Waals surface area contributed by atoms with Gasteiger partial charge >= 0.3 is 0 Å². The van der Waals surface area contributed by atoms with Crippen LogP contribution in [0.4, 0.5) is 5.69 Å². The Bertz CT molecular complexity index is 866. The molecule has 1 amide bonds. The molecule has 1 fully saturated rings. The number of amidine groups is 1. The Labute approximate surface area is 141 Å². The molecule has 1 aliphatic rings. The minimum absolute atomic E-state index is 0.0324. The van der Waals surface area contributed by atoms with Crippen molar-refractivity contribution >= 4 is 40.6 Å². The molecular weight excluding hydrogens is 328 g/mol. The maximum Gasteiger partial charge on any atom is 0.264 e. The Kier molecular flexibility index (Phi) is 4.62. The molecule has 0 spiro atoms. The third-order valence-electron chi connectivity index (χ3n) is 3.05. The first-order valence-electron chi connectivity index (χ1n) is 6.93. The van der Waals surface area contributed by atoms with Crippen molar-refractivity contribution in [3.8, 4) is 0 Å². The summed E-state index contributed by atoms with van der Waals surface area (Å²) in [6.07, 6.45) is 6.61. The number of hydrogen-bond donors (Lipinski definition) is 1. The molecule has 1 aliphatic heterocycles. The second-order valence-electron chi connectivity index (χ2n) is 4.68. The lowest BCUT2D eigenvalue weighted by Crippen LogP contribution is -2.23. The number of amides is 1. The Morgan fingerprint density at radius 1 is 1.25 bits per heavy atom. The van der Waals surface area contributed by atoms with E-state index in [1.54, 1.807) is 54.8 Å². The normalized spacial score (nSPS) is 17.8. The Balaban J connectivity index is 1.78. The molecule has 0 bridgehead atoms. The van der Waals surface area contributed by atoms with E-state index in [1.807, 2.05) is 0 Å². The topological polar surface area (TPSA) is 94.7 Å². The van der Waals surface area contributed by atoms with E-state index in [9.17, 15) is 14.7 Å².